The van der Waals surface area contributed by atoms with Gasteiger partial charge in [-0.15, -0.1) is 0 Å². The van der Waals surface area contributed by atoms with Gasteiger partial charge in [-0.3, -0.25) is 4.79 Å². The number of methoxy groups -OCH3 is 2. The topological polar surface area (TPSA) is 61.5 Å². The molecule has 0 fully saturated rings. The molecular formula is C16H16ClNO3. The lowest BCUT2D eigenvalue weighted by atomic mass is 10.0. The van der Waals surface area contributed by atoms with Gasteiger partial charge in [-0.1, -0.05) is 41.9 Å². The van der Waals surface area contributed by atoms with Gasteiger partial charge in [0.05, 0.1) is 30.5 Å². The van der Waals surface area contributed by atoms with Crippen LogP contribution in [0.3, 0.4) is 0 Å². The van der Waals surface area contributed by atoms with Crippen molar-refractivity contribution >= 4 is 23.1 Å². The summed E-state index contributed by atoms with van der Waals surface area (Å²) < 4.78 is 10.5. The maximum Gasteiger partial charge on any atom is 0.186 e. The van der Waals surface area contributed by atoms with Crippen molar-refractivity contribution in [3.63, 3.8) is 0 Å². The lowest BCUT2D eigenvalue weighted by Gasteiger charge is -2.15. The van der Waals surface area contributed by atoms with Crippen molar-refractivity contribution < 1.29 is 14.3 Å². The Bertz CT molecular complexity index is 656. The van der Waals surface area contributed by atoms with Gasteiger partial charge in [0.2, 0.25) is 0 Å². The van der Waals surface area contributed by atoms with Crippen LogP contribution in [0, 0.1) is 0 Å². The largest absolute Gasteiger partial charge is 0.492 e. The van der Waals surface area contributed by atoms with Gasteiger partial charge in [-0.05, 0) is 11.6 Å². The molecule has 2 aromatic carbocycles. The van der Waals surface area contributed by atoms with Gasteiger partial charge in [-0.2, -0.15) is 0 Å². The molecule has 0 aromatic heterocycles. The van der Waals surface area contributed by atoms with E-state index in [-0.39, 0.29) is 28.7 Å². The third kappa shape index (κ3) is 3.11. The van der Waals surface area contributed by atoms with E-state index in [2.05, 4.69) is 0 Å². The molecule has 0 saturated heterocycles. The third-order valence-electron chi connectivity index (χ3n) is 3.14. The summed E-state index contributed by atoms with van der Waals surface area (Å²) in [5.41, 5.74) is 7.37. The number of nitrogens with two attached hydrogens (primary N) is 1. The molecule has 21 heavy (non-hydrogen) atoms. The first-order chi connectivity index (χ1) is 10.1. The van der Waals surface area contributed by atoms with Crippen LogP contribution in [0.25, 0.3) is 0 Å². The zero-order chi connectivity index (χ0) is 15.4. The maximum absolute atomic E-state index is 12.5. The first-order valence-corrected chi connectivity index (χ1v) is 6.73. The van der Waals surface area contributed by atoms with E-state index in [4.69, 9.17) is 26.8 Å². The van der Waals surface area contributed by atoms with Crippen LogP contribution in [0.5, 0.6) is 11.5 Å². The van der Waals surface area contributed by atoms with Gasteiger partial charge in [-0.25, -0.2) is 0 Å². The number of hydrogen-bond acceptors (Lipinski definition) is 4. The van der Waals surface area contributed by atoms with Crippen molar-refractivity contribution in [1.29, 1.82) is 0 Å². The van der Waals surface area contributed by atoms with E-state index < -0.39 is 0 Å². The van der Waals surface area contributed by atoms with Gasteiger partial charge in [0.15, 0.2) is 17.3 Å². The van der Waals surface area contributed by atoms with Crippen LogP contribution in [-0.4, -0.2) is 20.0 Å². The zero-order valence-corrected chi connectivity index (χ0v) is 12.6. The highest BCUT2D eigenvalue weighted by atomic mass is 35.5. The fourth-order valence-corrected chi connectivity index (χ4v) is 2.31. The second-order valence-corrected chi connectivity index (χ2v) is 4.88. The Morgan fingerprint density at radius 3 is 2.33 bits per heavy atom. The van der Waals surface area contributed by atoms with Crippen LogP contribution >= 0.6 is 11.6 Å². The van der Waals surface area contributed by atoms with E-state index in [9.17, 15) is 4.79 Å². The second-order valence-electron chi connectivity index (χ2n) is 4.47. The lowest BCUT2D eigenvalue weighted by molar-refractivity contribution is 0.0989. The molecule has 0 atom stereocenters. The molecule has 0 aliphatic heterocycles. The fourth-order valence-electron chi connectivity index (χ4n) is 2.11. The number of ketones is 1. The van der Waals surface area contributed by atoms with Crippen LogP contribution < -0.4 is 15.2 Å². The molecule has 0 unspecified atom stereocenters. The molecular weight excluding hydrogens is 290 g/mol. The number of hydrogen-bond donors (Lipinski definition) is 1. The minimum atomic E-state index is -0.113. The molecule has 0 radical (unpaired) electrons. The van der Waals surface area contributed by atoms with Crippen LogP contribution in [-0.2, 0) is 6.42 Å². The number of halogens is 1. The number of rotatable bonds is 5. The molecule has 0 amide bonds. The summed E-state index contributed by atoms with van der Waals surface area (Å²) in [6, 6.07) is 11.0. The predicted octanol–water partition coefficient (Wildman–Crippen LogP) is 3.36. The van der Waals surface area contributed by atoms with E-state index in [1.54, 1.807) is 0 Å². The van der Waals surface area contributed by atoms with E-state index in [1.165, 1.54) is 20.3 Å². The van der Waals surface area contributed by atoms with Crippen LogP contribution in [0.1, 0.15) is 15.9 Å². The average molecular weight is 306 g/mol. The van der Waals surface area contributed by atoms with Crippen molar-refractivity contribution in [2.24, 2.45) is 0 Å². The Labute approximate surface area is 128 Å². The van der Waals surface area contributed by atoms with E-state index in [1.807, 2.05) is 30.3 Å². The summed E-state index contributed by atoms with van der Waals surface area (Å²) in [6.07, 6.45) is 0.251. The third-order valence-corrected chi connectivity index (χ3v) is 3.45. The molecule has 4 nitrogen and oxygen atoms in total. The SMILES string of the molecule is COc1c(C(=O)Cc2ccccc2)cc(Cl)c(N)c1OC. The maximum atomic E-state index is 12.5. The molecule has 0 aliphatic carbocycles. The smallest absolute Gasteiger partial charge is 0.186 e. The molecule has 5 heteroatoms. The Balaban J connectivity index is 2.43. The number of nitrogen functional groups attached to an aromatic ring is 1. The van der Waals surface area contributed by atoms with Gasteiger partial charge >= 0.3 is 0 Å². The van der Waals surface area contributed by atoms with E-state index >= 15 is 0 Å². The highest BCUT2D eigenvalue weighted by Crippen LogP contribution is 2.41. The molecule has 110 valence electrons. The van der Waals surface area contributed by atoms with Gasteiger partial charge < -0.3 is 15.2 Å². The summed E-state index contributed by atoms with van der Waals surface area (Å²) in [5.74, 6) is 0.472. The second kappa shape index (κ2) is 6.50. The molecule has 2 N–H and O–H groups in total. The Morgan fingerprint density at radius 2 is 1.76 bits per heavy atom. The summed E-state index contributed by atoms with van der Waals surface area (Å²) in [6.45, 7) is 0. The van der Waals surface area contributed by atoms with Crippen molar-refractivity contribution in [3.05, 3.63) is 52.5 Å². The Kier molecular flexibility index (Phi) is 4.70. The minimum absolute atomic E-state index is 0.113. The van der Waals surface area contributed by atoms with Crippen LogP contribution in [0.2, 0.25) is 5.02 Å². The molecule has 0 heterocycles. The van der Waals surface area contributed by atoms with Crippen molar-refractivity contribution in [2.75, 3.05) is 20.0 Å². The molecule has 0 bridgehead atoms. The quantitative estimate of drug-likeness (QED) is 0.679. The van der Waals surface area contributed by atoms with Crippen molar-refractivity contribution in [3.8, 4) is 11.5 Å². The van der Waals surface area contributed by atoms with Crippen LogP contribution in [0.15, 0.2) is 36.4 Å². The lowest BCUT2D eigenvalue weighted by Crippen LogP contribution is -2.08. The van der Waals surface area contributed by atoms with E-state index in [0.717, 1.165) is 5.56 Å². The summed E-state index contributed by atoms with van der Waals surface area (Å²) in [4.78, 5) is 12.5. The van der Waals surface area contributed by atoms with Crippen molar-refractivity contribution in [1.82, 2.24) is 0 Å². The monoisotopic (exact) mass is 305 g/mol. The van der Waals surface area contributed by atoms with Crippen molar-refractivity contribution in [2.45, 2.75) is 6.42 Å². The highest BCUT2D eigenvalue weighted by molar-refractivity contribution is 6.34. The van der Waals surface area contributed by atoms with E-state index in [0.29, 0.717) is 11.3 Å². The standard InChI is InChI=1S/C16H16ClNO3/c1-20-15-11(9-12(17)14(18)16(15)21-2)13(19)8-10-6-4-3-5-7-10/h3-7,9H,8,18H2,1-2H3. The van der Waals surface area contributed by atoms with Gasteiger partial charge in [0.1, 0.15) is 0 Å². The normalized spacial score (nSPS) is 10.2. The zero-order valence-electron chi connectivity index (χ0n) is 11.9. The Morgan fingerprint density at radius 1 is 1.14 bits per heavy atom. The highest BCUT2D eigenvalue weighted by Gasteiger charge is 2.21. The van der Waals surface area contributed by atoms with Crippen LogP contribution in [0.4, 0.5) is 5.69 Å². The average Bonchev–Trinajstić information content (AvgIpc) is 2.50. The van der Waals surface area contributed by atoms with Gasteiger partial charge in [0, 0.05) is 6.42 Å². The number of ether oxygens (including phenoxy) is 2. The summed E-state index contributed by atoms with van der Waals surface area (Å²) in [7, 11) is 2.92. The minimum Gasteiger partial charge on any atom is -0.492 e. The molecule has 0 spiro atoms. The predicted molar refractivity (Wildman–Crippen MR) is 83.4 cm³/mol. The number of anilines is 1. The number of Topliss-reactive ketones (excluding diaryl/α,β-unsaturated/α-hetero) is 1. The molecule has 2 rings (SSSR count). The fraction of sp³-hybridized carbons (Fsp3) is 0.188. The molecule has 0 aliphatic rings. The first kappa shape index (κ1) is 15.2. The molecule has 0 saturated carbocycles. The van der Waals surface area contributed by atoms with Gasteiger partial charge in [0.25, 0.3) is 0 Å². The number of benzene rings is 2. The first-order valence-electron chi connectivity index (χ1n) is 6.35. The Hall–Kier alpha value is -2.20. The summed E-state index contributed by atoms with van der Waals surface area (Å²) >= 11 is 6.06. The number of carbonyl (C=O) groups excluding carboxylic acids is 1. The molecule has 2 aromatic rings. The number of carbonyl (C=O) groups is 1. The summed E-state index contributed by atoms with van der Waals surface area (Å²) in [5, 5.41) is 0.268.